The van der Waals surface area contributed by atoms with E-state index in [2.05, 4.69) is 12.1 Å². The summed E-state index contributed by atoms with van der Waals surface area (Å²) in [5.41, 5.74) is 2.14. The van der Waals surface area contributed by atoms with Crippen LogP contribution >= 0.6 is 0 Å². The predicted molar refractivity (Wildman–Crippen MR) is 83.9 cm³/mol. The van der Waals surface area contributed by atoms with Crippen LogP contribution in [-0.2, 0) is 6.42 Å². The average Bonchev–Trinajstić information content (AvgIpc) is 2.52. The van der Waals surface area contributed by atoms with Gasteiger partial charge in [0.2, 0.25) is 0 Å². The molecule has 0 saturated carbocycles. The van der Waals surface area contributed by atoms with E-state index < -0.39 is 0 Å². The van der Waals surface area contributed by atoms with Crippen molar-refractivity contribution in [3.63, 3.8) is 0 Å². The van der Waals surface area contributed by atoms with Gasteiger partial charge in [-0.25, -0.2) is 0 Å². The fourth-order valence-corrected chi connectivity index (χ4v) is 2.23. The summed E-state index contributed by atoms with van der Waals surface area (Å²) in [6.45, 7) is 0. The first kappa shape index (κ1) is 13.3. The normalized spacial score (nSPS) is 10.3. The number of phenols is 1. The van der Waals surface area contributed by atoms with Gasteiger partial charge in [-0.05, 0) is 35.9 Å². The Hall–Kier alpha value is -2.74. The van der Waals surface area contributed by atoms with Gasteiger partial charge in [-0.15, -0.1) is 0 Å². The van der Waals surface area contributed by atoms with Crippen LogP contribution in [0.3, 0.4) is 0 Å². The molecule has 104 valence electrons. The van der Waals surface area contributed by atoms with Crippen molar-refractivity contribution in [1.82, 2.24) is 0 Å². The highest BCUT2D eigenvalue weighted by Gasteiger charge is 2.07. The number of para-hydroxylation sites is 1. The number of hydrogen-bond acceptors (Lipinski definition) is 2. The van der Waals surface area contributed by atoms with Crippen LogP contribution in [0, 0.1) is 0 Å². The van der Waals surface area contributed by atoms with Crippen LogP contribution in [-0.4, -0.2) is 5.11 Å². The zero-order chi connectivity index (χ0) is 14.5. The van der Waals surface area contributed by atoms with E-state index in [0.717, 1.165) is 23.5 Å². The number of aromatic hydroxyl groups is 1. The molecule has 2 nitrogen and oxygen atoms in total. The van der Waals surface area contributed by atoms with E-state index in [-0.39, 0.29) is 5.75 Å². The molecule has 0 spiro atoms. The van der Waals surface area contributed by atoms with E-state index in [4.69, 9.17) is 4.74 Å². The Morgan fingerprint density at radius 3 is 2.14 bits per heavy atom. The second kappa shape index (κ2) is 6.14. The van der Waals surface area contributed by atoms with Crippen molar-refractivity contribution in [3.05, 3.63) is 90.0 Å². The third-order valence-electron chi connectivity index (χ3n) is 3.25. The van der Waals surface area contributed by atoms with Crippen molar-refractivity contribution >= 4 is 0 Å². The molecule has 0 aromatic heterocycles. The summed E-state index contributed by atoms with van der Waals surface area (Å²) in [5, 5.41) is 9.73. The molecule has 0 saturated heterocycles. The third kappa shape index (κ3) is 3.42. The van der Waals surface area contributed by atoms with E-state index in [0.29, 0.717) is 0 Å². The number of hydrogen-bond donors (Lipinski definition) is 1. The molecule has 3 rings (SSSR count). The zero-order valence-corrected chi connectivity index (χ0v) is 11.6. The SMILES string of the molecule is Oc1ccc(Oc2ccccc2)c(Cc2ccccc2)c1. The molecule has 0 radical (unpaired) electrons. The van der Waals surface area contributed by atoms with Gasteiger partial charge >= 0.3 is 0 Å². The molecule has 0 amide bonds. The molecule has 0 heterocycles. The first-order chi connectivity index (χ1) is 10.3. The summed E-state index contributed by atoms with van der Waals surface area (Å²) in [5.74, 6) is 1.81. The van der Waals surface area contributed by atoms with Crippen LogP contribution in [0.25, 0.3) is 0 Å². The van der Waals surface area contributed by atoms with Crippen molar-refractivity contribution in [1.29, 1.82) is 0 Å². The van der Waals surface area contributed by atoms with E-state index in [1.807, 2.05) is 48.5 Å². The highest BCUT2D eigenvalue weighted by Crippen LogP contribution is 2.30. The first-order valence-electron chi connectivity index (χ1n) is 6.90. The molecule has 0 aliphatic carbocycles. The second-order valence-corrected chi connectivity index (χ2v) is 4.87. The van der Waals surface area contributed by atoms with E-state index in [1.165, 1.54) is 5.56 Å². The van der Waals surface area contributed by atoms with Crippen LogP contribution in [0.5, 0.6) is 17.2 Å². The lowest BCUT2D eigenvalue weighted by molar-refractivity contribution is 0.460. The topological polar surface area (TPSA) is 29.5 Å². The van der Waals surface area contributed by atoms with Gasteiger partial charge in [-0.2, -0.15) is 0 Å². The van der Waals surface area contributed by atoms with Crippen molar-refractivity contribution in [2.75, 3.05) is 0 Å². The first-order valence-corrected chi connectivity index (χ1v) is 6.90. The fraction of sp³-hybridized carbons (Fsp3) is 0.0526. The number of benzene rings is 3. The lowest BCUT2D eigenvalue weighted by Crippen LogP contribution is -1.93. The maximum atomic E-state index is 9.73. The molecule has 3 aromatic rings. The average molecular weight is 276 g/mol. The lowest BCUT2D eigenvalue weighted by atomic mass is 10.0. The standard InChI is InChI=1S/C19H16O2/c20-17-11-12-19(21-18-9-5-2-6-10-18)16(14-17)13-15-7-3-1-4-8-15/h1-12,14,20H,13H2. The minimum absolute atomic E-state index is 0.251. The van der Waals surface area contributed by atoms with Crippen molar-refractivity contribution < 1.29 is 9.84 Å². The van der Waals surface area contributed by atoms with E-state index >= 15 is 0 Å². The second-order valence-electron chi connectivity index (χ2n) is 4.87. The van der Waals surface area contributed by atoms with Crippen molar-refractivity contribution in [2.45, 2.75) is 6.42 Å². The summed E-state index contributed by atoms with van der Waals surface area (Å²) in [6, 6.07) is 25.0. The smallest absolute Gasteiger partial charge is 0.131 e. The van der Waals surface area contributed by atoms with Gasteiger partial charge in [0.1, 0.15) is 17.2 Å². The Morgan fingerprint density at radius 1 is 0.762 bits per heavy atom. The number of ether oxygens (including phenoxy) is 1. The van der Waals surface area contributed by atoms with Crippen LogP contribution in [0.15, 0.2) is 78.9 Å². The third-order valence-corrected chi connectivity index (χ3v) is 3.25. The largest absolute Gasteiger partial charge is 0.508 e. The zero-order valence-electron chi connectivity index (χ0n) is 11.6. The van der Waals surface area contributed by atoms with Crippen LogP contribution in [0.4, 0.5) is 0 Å². The van der Waals surface area contributed by atoms with Crippen LogP contribution < -0.4 is 4.74 Å². The van der Waals surface area contributed by atoms with Crippen molar-refractivity contribution in [2.24, 2.45) is 0 Å². The summed E-state index contributed by atoms with van der Waals surface area (Å²) in [4.78, 5) is 0. The van der Waals surface area contributed by atoms with Gasteiger partial charge in [0.15, 0.2) is 0 Å². The minimum Gasteiger partial charge on any atom is -0.508 e. The molecule has 0 aliphatic rings. The number of rotatable bonds is 4. The molecule has 0 bridgehead atoms. The highest BCUT2D eigenvalue weighted by atomic mass is 16.5. The van der Waals surface area contributed by atoms with Crippen molar-refractivity contribution in [3.8, 4) is 17.2 Å². The Kier molecular flexibility index (Phi) is 3.88. The predicted octanol–water partition coefficient (Wildman–Crippen LogP) is 4.78. The minimum atomic E-state index is 0.251. The van der Waals surface area contributed by atoms with E-state index in [1.54, 1.807) is 18.2 Å². The van der Waals surface area contributed by atoms with Gasteiger partial charge in [0.25, 0.3) is 0 Å². The van der Waals surface area contributed by atoms with E-state index in [9.17, 15) is 5.11 Å². The molecule has 0 atom stereocenters. The monoisotopic (exact) mass is 276 g/mol. The Balaban J connectivity index is 1.90. The molecule has 0 unspecified atom stereocenters. The maximum Gasteiger partial charge on any atom is 0.131 e. The van der Waals surface area contributed by atoms with Gasteiger partial charge in [-0.1, -0.05) is 48.5 Å². The Morgan fingerprint density at radius 2 is 1.43 bits per heavy atom. The molecular weight excluding hydrogens is 260 g/mol. The molecule has 3 aromatic carbocycles. The number of phenolic OH excluding ortho intramolecular Hbond substituents is 1. The fourth-order valence-electron chi connectivity index (χ4n) is 2.23. The maximum absolute atomic E-state index is 9.73. The Labute approximate surface area is 124 Å². The quantitative estimate of drug-likeness (QED) is 0.743. The summed E-state index contributed by atoms with van der Waals surface area (Å²) in [7, 11) is 0. The Bertz CT molecular complexity index is 706. The highest BCUT2D eigenvalue weighted by molar-refractivity contribution is 5.44. The molecule has 0 aliphatic heterocycles. The molecule has 1 N–H and O–H groups in total. The molecule has 21 heavy (non-hydrogen) atoms. The summed E-state index contributed by atoms with van der Waals surface area (Å²) < 4.78 is 5.93. The van der Waals surface area contributed by atoms with Crippen LogP contribution in [0.1, 0.15) is 11.1 Å². The van der Waals surface area contributed by atoms with Gasteiger partial charge in [0, 0.05) is 12.0 Å². The summed E-state index contributed by atoms with van der Waals surface area (Å²) in [6.07, 6.45) is 0.720. The van der Waals surface area contributed by atoms with Crippen LogP contribution in [0.2, 0.25) is 0 Å². The molecule has 0 fully saturated rings. The van der Waals surface area contributed by atoms with Gasteiger partial charge in [0.05, 0.1) is 0 Å². The van der Waals surface area contributed by atoms with Gasteiger partial charge < -0.3 is 9.84 Å². The molecule has 2 heteroatoms. The van der Waals surface area contributed by atoms with Gasteiger partial charge in [-0.3, -0.25) is 0 Å². The molecular formula is C19H16O2. The lowest BCUT2D eigenvalue weighted by Gasteiger charge is -2.12. The summed E-state index contributed by atoms with van der Waals surface area (Å²) >= 11 is 0.